The molecule has 0 unspecified atom stereocenters. The number of amides is 2. The summed E-state index contributed by atoms with van der Waals surface area (Å²) in [6, 6.07) is 16.1. The van der Waals surface area contributed by atoms with Crippen molar-refractivity contribution in [2.75, 3.05) is 31.2 Å². The van der Waals surface area contributed by atoms with Gasteiger partial charge in [-0.2, -0.15) is 9.61 Å². The minimum Gasteiger partial charge on any atom is -0.335 e. The molecule has 3 N–H and O–H groups in total. The zero-order valence-corrected chi connectivity index (χ0v) is 19.0. The van der Waals surface area contributed by atoms with Crippen molar-refractivity contribution in [3.05, 3.63) is 72.1 Å². The number of carbonyl (C=O) groups excluding carboxylic acids is 2. The van der Waals surface area contributed by atoms with Crippen molar-refractivity contribution in [2.24, 2.45) is 5.84 Å². The summed E-state index contributed by atoms with van der Waals surface area (Å²) in [4.78, 5) is 33.6. The monoisotopic (exact) mass is 483 g/mol. The van der Waals surface area contributed by atoms with E-state index in [-0.39, 0.29) is 11.8 Å². The van der Waals surface area contributed by atoms with E-state index in [0.29, 0.717) is 60.1 Å². The van der Waals surface area contributed by atoms with E-state index in [0.717, 1.165) is 5.52 Å². The number of rotatable bonds is 4. The molecule has 36 heavy (non-hydrogen) atoms. The van der Waals surface area contributed by atoms with Crippen LogP contribution in [0.3, 0.4) is 0 Å². The summed E-state index contributed by atoms with van der Waals surface area (Å²) < 4.78 is 1.59. The predicted molar refractivity (Wildman–Crippen MR) is 129 cm³/mol. The number of H-pyrrole nitrogens is 1. The number of benzene rings is 2. The number of carbonyl (C=O) groups is 2. The Morgan fingerprint density at radius 3 is 2.36 bits per heavy atom. The second-order valence-electron chi connectivity index (χ2n) is 8.31. The topological polar surface area (TPSA) is 155 Å². The van der Waals surface area contributed by atoms with Crippen LogP contribution in [0.1, 0.15) is 20.8 Å². The number of hydrazine groups is 1. The molecule has 0 saturated carbocycles. The molecule has 180 valence electrons. The maximum Gasteiger partial charge on any atom is 0.271 e. The summed E-state index contributed by atoms with van der Waals surface area (Å²) in [5, 5.41) is 19.8. The van der Waals surface area contributed by atoms with E-state index in [1.165, 1.54) is 5.01 Å². The Morgan fingerprint density at radius 2 is 1.64 bits per heavy atom. The molecule has 2 amide bonds. The molecule has 3 aromatic heterocycles. The van der Waals surface area contributed by atoms with Gasteiger partial charge in [0.1, 0.15) is 5.69 Å². The van der Waals surface area contributed by atoms with E-state index in [4.69, 9.17) is 5.84 Å². The number of nitrogens with zero attached hydrogens (tertiary/aromatic N) is 9. The number of tetrazole rings is 1. The molecule has 13 nitrogen and oxygen atoms in total. The molecule has 0 spiro atoms. The minimum atomic E-state index is -0.119. The van der Waals surface area contributed by atoms with Gasteiger partial charge in [0.05, 0.1) is 16.7 Å². The van der Waals surface area contributed by atoms with Gasteiger partial charge in [0, 0.05) is 37.9 Å². The maximum absolute atomic E-state index is 13.1. The Hall–Kier alpha value is -4.91. The summed E-state index contributed by atoms with van der Waals surface area (Å²) in [7, 11) is 0. The molecule has 0 atom stereocenters. The standard InChI is InChI=1S/C23H21N11O2/c24-33(20-21-28-29-30-34(21)19-4-2-1-3-17(19)26-20)16-7-5-15(6-8-16)22(35)31-11-13-32(14-12-31)23(36)18-9-10-25-27-18/h1-10H,11-14,24H2,(H,25,27). The lowest BCUT2D eigenvalue weighted by Crippen LogP contribution is -2.50. The normalized spacial score (nSPS) is 13.9. The molecule has 0 radical (unpaired) electrons. The van der Waals surface area contributed by atoms with Gasteiger partial charge >= 0.3 is 0 Å². The number of aromatic amines is 1. The van der Waals surface area contributed by atoms with E-state index in [1.807, 2.05) is 24.3 Å². The molecule has 1 aliphatic heterocycles. The van der Waals surface area contributed by atoms with Gasteiger partial charge in [0.2, 0.25) is 5.65 Å². The van der Waals surface area contributed by atoms with E-state index < -0.39 is 0 Å². The molecule has 5 aromatic rings. The number of nitrogens with one attached hydrogen (secondary N) is 1. The lowest BCUT2D eigenvalue weighted by Gasteiger charge is -2.34. The van der Waals surface area contributed by atoms with Crippen LogP contribution >= 0.6 is 0 Å². The van der Waals surface area contributed by atoms with Crippen LogP contribution in [0.5, 0.6) is 0 Å². The first-order chi connectivity index (χ1) is 17.6. The fraction of sp³-hybridized carbons (Fsp3) is 0.174. The van der Waals surface area contributed by atoms with Crippen LogP contribution in [0.15, 0.2) is 60.8 Å². The Kier molecular flexibility index (Phi) is 5.22. The molecule has 1 saturated heterocycles. The second-order valence-corrected chi connectivity index (χ2v) is 8.31. The average Bonchev–Trinajstić information content (AvgIpc) is 3.65. The summed E-state index contributed by atoms with van der Waals surface area (Å²) >= 11 is 0. The molecular formula is C23H21N11O2. The second kappa shape index (κ2) is 8.70. The molecule has 13 heteroatoms. The maximum atomic E-state index is 13.1. The number of hydrogen-bond acceptors (Lipinski definition) is 9. The van der Waals surface area contributed by atoms with Gasteiger partial charge in [-0.05, 0) is 52.9 Å². The van der Waals surface area contributed by atoms with Crippen LogP contribution in [-0.4, -0.2) is 83.0 Å². The number of hydrogen-bond donors (Lipinski definition) is 2. The Balaban J connectivity index is 1.18. The molecule has 0 aliphatic carbocycles. The van der Waals surface area contributed by atoms with Crippen molar-refractivity contribution in [3.8, 4) is 0 Å². The van der Waals surface area contributed by atoms with Crippen LogP contribution < -0.4 is 10.9 Å². The highest BCUT2D eigenvalue weighted by Gasteiger charge is 2.26. The van der Waals surface area contributed by atoms with Gasteiger partial charge in [-0.3, -0.25) is 19.7 Å². The Bertz CT molecular complexity index is 1550. The number of nitrogens with two attached hydrogens (primary N) is 1. The Morgan fingerprint density at radius 1 is 0.917 bits per heavy atom. The summed E-state index contributed by atoms with van der Waals surface area (Å²) in [6.07, 6.45) is 1.54. The third-order valence-electron chi connectivity index (χ3n) is 6.21. The van der Waals surface area contributed by atoms with Gasteiger partial charge in [-0.15, -0.1) is 5.10 Å². The molecule has 6 rings (SSSR count). The third kappa shape index (κ3) is 3.67. The van der Waals surface area contributed by atoms with Gasteiger partial charge < -0.3 is 9.80 Å². The van der Waals surface area contributed by atoms with Crippen LogP contribution in [0.4, 0.5) is 11.5 Å². The van der Waals surface area contributed by atoms with E-state index in [9.17, 15) is 9.59 Å². The first kappa shape index (κ1) is 21.6. The highest BCUT2D eigenvalue weighted by atomic mass is 16.2. The first-order valence-electron chi connectivity index (χ1n) is 11.3. The molecule has 1 fully saturated rings. The number of anilines is 2. The van der Waals surface area contributed by atoms with Gasteiger partial charge in [0.25, 0.3) is 11.8 Å². The van der Waals surface area contributed by atoms with Crippen molar-refractivity contribution in [1.29, 1.82) is 0 Å². The van der Waals surface area contributed by atoms with Gasteiger partial charge in [-0.1, -0.05) is 12.1 Å². The number of para-hydroxylation sites is 2. The SMILES string of the molecule is NN(c1ccc(C(=O)N2CCN(C(=O)c3ccn[nH]3)CC2)cc1)c1nc2ccccc2n2nnnc12. The highest BCUT2D eigenvalue weighted by Crippen LogP contribution is 2.26. The van der Waals surface area contributed by atoms with Gasteiger partial charge in [0.15, 0.2) is 5.82 Å². The quantitative estimate of drug-likeness (QED) is 0.281. The fourth-order valence-corrected chi connectivity index (χ4v) is 4.28. The van der Waals surface area contributed by atoms with Crippen molar-refractivity contribution in [2.45, 2.75) is 0 Å². The largest absolute Gasteiger partial charge is 0.335 e. The predicted octanol–water partition coefficient (Wildman–Crippen LogP) is 1.01. The average molecular weight is 483 g/mol. The van der Waals surface area contributed by atoms with Crippen molar-refractivity contribution < 1.29 is 9.59 Å². The van der Waals surface area contributed by atoms with Crippen molar-refractivity contribution in [1.82, 2.24) is 45.0 Å². The van der Waals surface area contributed by atoms with E-state index in [2.05, 4.69) is 30.7 Å². The third-order valence-corrected chi connectivity index (χ3v) is 6.21. The lowest BCUT2D eigenvalue weighted by atomic mass is 10.1. The smallest absolute Gasteiger partial charge is 0.271 e. The fourth-order valence-electron chi connectivity index (χ4n) is 4.28. The molecule has 4 heterocycles. The van der Waals surface area contributed by atoms with E-state index in [1.54, 1.807) is 50.8 Å². The minimum absolute atomic E-state index is 0.105. The summed E-state index contributed by atoms with van der Waals surface area (Å²) in [5.41, 5.74) is 3.47. The molecule has 0 bridgehead atoms. The van der Waals surface area contributed by atoms with Crippen LogP contribution in [0.25, 0.3) is 16.7 Å². The Labute approximate surface area is 204 Å². The summed E-state index contributed by atoms with van der Waals surface area (Å²) in [5.74, 6) is 6.57. The lowest BCUT2D eigenvalue weighted by molar-refractivity contribution is 0.0532. The molecule has 1 aliphatic rings. The number of aromatic nitrogens is 7. The van der Waals surface area contributed by atoms with Crippen molar-refractivity contribution >= 4 is 40.0 Å². The molecule has 2 aromatic carbocycles. The van der Waals surface area contributed by atoms with Crippen LogP contribution in [0, 0.1) is 0 Å². The number of piperazine rings is 1. The molecular weight excluding hydrogens is 462 g/mol. The zero-order chi connectivity index (χ0) is 24.6. The summed E-state index contributed by atoms with van der Waals surface area (Å²) in [6.45, 7) is 1.80. The van der Waals surface area contributed by atoms with E-state index >= 15 is 0 Å². The highest BCUT2D eigenvalue weighted by molar-refractivity contribution is 5.95. The van der Waals surface area contributed by atoms with Crippen LogP contribution in [-0.2, 0) is 0 Å². The van der Waals surface area contributed by atoms with Crippen LogP contribution in [0.2, 0.25) is 0 Å². The number of fused-ring (bicyclic) bond motifs is 3. The first-order valence-corrected chi connectivity index (χ1v) is 11.3. The van der Waals surface area contributed by atoms with Crippen molar-refractivity contribution in [3.63, 3.8) is 0 Å². The zero-order valence-electron chi connectivity index (χ0n) is 19.0. The van der Waals surface area contributed by atoms with Gasteiger partial charge in [-0.25, -0.2) is 10.8 Å².